The average molecular weight is 611 g/mol. The lowest BCUT2D eigenvalue weighted by atomic mass is 10.1. The number of para-hydroxylation sites is 1. The van der Waals surface area contributed by atoms with E-state index in [2.05, 4.69) is 5.32 Å². The van der Waals surface area contributed by atoms with Gasteiger partial charge < -0.3 is 10.2 Å². The number of rotatable bonds is 9. The van der Waals surface area contributed by atoms with E-state index >= 15 is 0 Å². The van der Waals surface area contributed by atoms with Crippen molar-refractivity contribution < 1.29 is 18.0 Å². The Morgan fingerprint density at radius 1 is 0.897 bits per heavy atom. The van der Waals surface area contributed by atoms with Gasteiger partial charge in [-0.15, -0.1) is 0 Å². The van der Waals surface area contributed by atoms with E-state index in [1.165, 1.54) is 29.2 Å². The Morgan fingerprint density at radius 3 is 2.05 bits per heavy atom. The topological polar surface area (TPSA) is 86.8 Å². The van der Waals surface area contributed by atoms with Crippen LogP contribution in [0, 0.1) is 0 Å². The molecule has 0 radical (unpaired) electrons. The van der Waals surface area contributed by atoms with Gasteiger partial charge in [0, 0.05) is 27.2 Å². The smallest absolute Gasteiger partial charge is 0.264 e. The second-order valence-electron chi connectivity index (χ2n) is 9.97. The number of anilines is 1. The van der Waals surface area contributed by atoms with Gasteiger partial charge in [-0.1, -0.05) is 59.1 Å². The van der Waals surface area contributed by atoms with Crippen molar-refractivity contribution in [1.82, 2.24) is 10.2 Å². The summed E-state index contributed by atoms with van der Waals surface area (Å²) in [6.07, 6.45) is 0. The molecular formula is C28H30Cl3N3O4S. The number of nitrogens with zero attached hydrogens (tertiary/aromatic N) is 2. The number of sulfonamides is 1. The maximum absolute atomic E-state index is 13.9. The minimum absolute atomic E-state index is 0.0330. The van der Waals surface area contributed by atoms with Gasteiger partial charge in [0.15, 0.2) is 0 Å². The molecule has 1 N–H and O–H groups in total. The Balaban J connectivity index is 2.03. The molecule has 0 fully saturated rings. The SMILES string of the molecule is C[C@@H](C(=O)NC(C)(C)C)N(Cc1ccc(Cl)cc1Cl)C(=O)CN(c1ccccc1)S(=O)(=O)c1ccc(Cl)cc1. The number of amides is 2. The van der Waals surface area contributed by atoms with E-state index in [1.54, 1.807) is 55.5 Å². The third kappa shape index (κ3) is 8.11. The molecule has 0 aliphatic carbocycles. The number of carbonyl (C=O) groups excluding carboxylic acids is 2. The first kappa shape index (κ1) is 30.8. The molecule has 0 saturated carbocycles. The van der Waals surface area contributed by atoms with Gasteiger partial charge in [0.25, 0.3) is 10.0 Å². The Hall–Kier alpha value is -2.78. The third-order valence-electron chi connectivity index (χ3n) is 5.75. The molecule has 0 aliphatic heterocycles. The van der Waals surface area contributed by atoms with E-state index in [4.69, 9.17) is 34.8 Å². The van der Waals surface area contributed by atoms with Crippen LogP contribution in [-0.2, 0) is 26.2 Å². The lowest BCUT2D eigenvalue weighted by Gasteiger charge is -2.33. The number of carbonyl (C=O) groups is 2. The second kappa shape index (κ2) is 12.6. The molecular weight excluding hydrogens is 581 g/mol. The van der Waals surface area contributed by atoms with Crippen LogP contribution in [0.5, 0.6) is 0 Å². The number of nitrogens with one attached hydrogen (secondary N) is 1. The van der Waals surface area contributed by atoms with Crippen molar-refractivity contribution >= 4 is 62.3 Å². The van der Waals surface area contributed by atoms with Crippen molar-refractivity contribution in [2.24, 2.45) is 0 Å². The van der Waals surface area contributed by atoms with E-state index in [0.29, 0.717) is 20.6 Å². The molecule has 11 heteroatoms. The molecule has 0 unspecified atom stereocenters. The van der Waals surface area contributed by atoms with E-state index in [1.807, 2.05) is 20.8 Å². The Morgan fingerprint density at radius 2 is 1.49 bits per heavy atom. The van der Waals surface area contributed by atoms with Gasteiger partial charge in [0.2, 0.25) is 11.8 Å². The average Bonchev–Trinajstić information content (AvgIpc) is 2.86. The number of hydrogen-bond acceptors (Lipinski definition) is 4. The van der Waals surface area contributed by atoms with Gasteiger partial charge in [-0.05, 0) is 81.8 Å². The standard InChI is InChI=1S/C28H30Cl3N3O4S/c1-19(27(36)32-28(2,3)4)33(17-20-10-11-22(30)16-25(20)31)26(35)18-34(23-8-6-5-7-9-23)39(37,38)24-14-12-21(29)13-15-24/h5-16,19H,17-18H2,1-4H3,(H,32,36)/t19-/m0/s1. The van der Waals surface area contributed by atoms with Crippen LogP contribution in [0.1, 0.15) is 33.3 Å². The zero-order valence-corrected chi connectivity index (χ0v) is 25.1. The first-order valence-electron chi connectivity index (χ1n) is 12.1. The highest BCUT2D eigenvalue weighted by Crippen LogP contribution is 2.27. The molecule has 208 valence electrons. The quantitative estimate of drug-likeness (QED) is 0.314. The minimum Gasteiger partial charge on any atom is -0.350 e. The number of halogens is 3. The molecule has 1 atom stereocenters. The normalized spacial score (nSPS) is 12.5. The largest absolute Gasteiger partial charge is 0.350 e. The zero-order valence-electron chi connectivity index (χ0n) is 22.0. The molecule has 3 rings (SSSR count). The highest BCUT2D eigenvalue weighted by molar-refractivity contribution is 7.92. The highest BCUT2D eigenvalue weighted by Gasteiger charge is 2.33. The van der Waals surface area contributed by atoms with Crippen LogP contribution < -0.4 is 9.62 Å². The summed E-state index contributed by atoms with van der Waals surface area (Å²) in [5.41, 5.74) is 0.292. The summed E-state index contributed by atoms with van der Waals surface area (Å²) in [6.45, 7) is 6.47. The van der Waals surface area contributed by atoms with Gasteiger partial charge in [0.05, 0.1) is 10.6 Å². The molecule has 0 spiro atoms. The van der Waals surface area contributed by atoms with Gasteiger partial charge in [-0.3, -0.25) is 13.9 Å². The van der Waals surface area contributed by atoms with Gasteiger partial charge in [0.1, 0.15) is 12.6 Å². The zero-order chi connectivity index (χ0) is 29.0. The fourth-order valence-corrected chi connectivity index (χ4v) is 5.76. The summed E-state index contributed by atoms with van der Waals surface area (Å²) in [6, 6.07) is 17.9. The molecule has 0 aliphatic rings. The van der Waals surface area contributed by atoms with Crippen molar-refractivity contribution in [3.63, 3.8) is 0 Å². The fourth-order valence-electron chi connectivity index (χ4n) is 3.75. The third-order valence-corrected chi connectivity index (χ3v) is 8.37. The van der Waals surface area contributed by atoms with Crippen molar-refractivity contribution in [1.29, 1.82) is 0 Å². The Bertz CT molecular complexity index is 1430. The van der Waals surface area contributed by atoms with Crippen LogP contribution in [0.3, 0.4) is 0 Å². The van der Waals surface area contributed by atoms with Gasteiger partial charge in [-0.2, -0.15) is 0 Å². The van der Waals surface area contributed by atoms with E-state index in [-0.39, 0.29) is 17.1 Å². The molecule has 0 aromatic heterocycles. The fraction of sp³-hybridized carbons (Fsp3) is 0.286. The van der Waals surface area contributed by atoms with Crippen molar-refractivity contribution in [3.05, 3.63) is 93.4 Å². The summed E-state index contributed by atoms with van der Waals surface area (Å²) in [5.74, 6) is -0.994. The van der Waals surface area contributed by atoms with E-state index in [9.17, 15) is 18.0 Å². The molecule has 0 bridgehead atoms. The van der Waals surface area contributed by atoms with Crippen LogP contribution in [-0.4, -0.2) is 43.3 Å². The van der Waals surface area contributed by atoms with Crippen LogP contribution in [0.4, 0.5) is 5.69 Å². The monoisotopic (exact) mass is 609 g/mol. The summed E-state index contributed by atoms with van der Waals surface area (Å²) in [5, 5.41) is 3.99. The summed E-state index contributed by atoms with van der Waals surface area (Å²) in [4.78, 5) is 28.3. The molecule has 7 nitrogen and oxygen atoms in total. The molecule has 0 saturated heterocycles. The van der Waals surface area contributed by atoms with Gasteiger partial charge >= 0.3 is 0 Å². The minimum atomic E-state index is -4.18. The summed E-state index contributed by atoms with van der Waals surface area (Å²) >= 11 is 18.4. The first-order chi connectivity index (χ1) is 18.2. The summed E-state index contributed by atoms with van der Waals surface area (Å²) in [7, 11) is -4.18. The van der Waals surface area contributed by atoms with Crippen molar-refractivity contribution in [2.75, 3.05) is 10.8 Å². The molecule has 3 aromatic rings. The van der Waals surface area contributed by atoms with Crippen LogP contribution in [0.25, 0.3) is 0 Å². The second-order valence-corrected chi connectivity index (χ2v) is 13.1. The van der Waals surface area contributed by atoms with E-state index < -0.39 is 40.0 Å². The predicted molar refractivity (Wildman–Crippen MR) is 157 cm³/mol. The Kier molecular flexibility index (Phi) is 9.93. The molecule has 39 heavy (non-hydrogen) atoms. The van der Waals surface area contributed by atoms with E-state index in [0.717, 1.165) is 4.31 Å². The maximum atomic E-state index is 13.9. The van der Waals surface area contributed by atoms with Crippen molar-refractivity contribution in [2.45, 2.75) is 50.7 Å². The molecule has 3 aromatic carbocycles. The lowest BCUT2D eigenvalue weighted by Crippen LogP contribution is -2.54. The highest BCUT2D eigenvalue weighted by atomic mass is 35.5. The van der Waals surface area contributed by atoms with Gasteiger partial charge in [-0.25, -0.2) is 8.42 Å². The van der Waals surface area contributed by atoms with Crippen molar-refractivity contribution in [3.8, 4) is 0 Å². The first-order valence-corrected chi connectivity index (χ1v) is 14.7. The Labute approximate surface area is 244 Å². The lowest BCUT2D eigenvalue weighted by molar-refractivity contribution is -0.140. The number of hydrogen-bond donors (Lipinski definition) is 1. The number of benzene rings is 3. The van der Waals surface area contributed by atoms with Crippen LogP contribution in [0.2, 0.25) is 15.1 Å². The van der Waals surface area contributed by atoms with Crippen LogP contribution in [0.15, 0.2) is 77.7 Å². The van der Waals surface area contributed by atoms with Crippen LogP contribution >= 0.6 is 34.8 Å². The molecule has 2 amide bonds. The summed E-state index contributed by atoms with van der Waals surface area (Å²) < 4.78 is 28.5. The molecule has 0 heterocycles. The maximum Gasteiger partial charge on any atom is 0.264 e. The predicted octanol–water partition coefficient (Wildman–Crippen LogP) is 6.17.